The minimum Gasteiger partial charge on any atom is -0.296 e. The Balaban J connectivity index is 1.46. The number of aryl methyl sites for hydroxylation is 1. The fourth-order valence-electron chi connectivity index (χ4n) is 6.00. The number of rotatable bonds is 4. The van der Waals surface area contributed by atoms with Crippen molar-refractivity contribution in [1.82, 2.24) is 19.5 Å². The summed E-state index contributed by atoms with van der Waals surface area (Å²) in [7, 11) is 0. The molecular weight excluding hydrogens is 500 g/mol. The molecule has 6 aromatic carbocycles. The van der Waals surface area contributed by atoms with Crippen LogP contribution >= 0.6 is 0 Å². The molecule has 0 saturated carbocycles. The van der Waals surface area contributed by atoms with Crippen LogP contribution in [0.2, 0.25) is 0 Å². The normalized spacial score (nSPS) is 11.6. The Labute approximate surface area is 237 Å². The summed E-state index contributed by atoms with van der Waals surface area (Å²) in [5.41, 5.74) is 7.17. The Morgan fingerprint density at radius 3 is 2.12 bits per heavy atom. The lowest BCUT2D eigenvalue weighted by Crippen LogP contribution is -2.02. The van der Waals surface area contributed by atoms with E-state index < -0.39 is 0 Å². The number of fused-ring (bicyclic) bond motifs is 5. The standard InChI is InChI=1S/C37H26N4/c1-2-34-39-36-29-17-9-6-12-24(29)20-21-33(36)41(34)27-22-26-15-7-8-16-28(26)31(23-27)35-30-18-10-11-19-32(30)38-37(40-35)25-13-4-3-5-14-25/h3-23H,2H2,1H3. The minimum absolute atomic E-state index is 0.725. The lowest BCUT2D eigenvalue weighted by Gasteiger charge is -2.16. The molecule has 0 aliphatic heterocycles. The maximum absolute atomic E-state index is 5.22. The Bertz CT molecular complexity index is 2250. The average Bonchev–Trinajstić information content (AvgIpc) is 3.43. The van der Waals surface area contributed by atoms with E-state index in [9.17, 15) is 0 Å². The topological polar surface area (TPSA) is 43.6 Å². The van der Waals surface area contributed by atoms with Crippen LogP contribution in [0.1, 0.15) is 12.7 Å². The molecule has 194 valence electrons. The summed E-state index contributed by atoms with van der Waals surface area (Å²) in [6.07, 6.45) is 0.819. The van der Waals surface area contributed by atoms with Gasteiger partial charge < -0.3 is 0 Å². The van der Waals surface area contributed by atoms with Gasteiger partial charge in [0.1, 0.15) is 5.82 Å². The molecule has 8 aromatic rings. The lowest BCUT2D eigenvalue weighted by molar-refractivity contribution is 0.909. The van der Waals surface area contributed by atoms with Gasteiger partial charge >= 0.3 is 0 Å². The van der Waals surface area contributed by atoms with Crippen LogP contribution in [0.5, 0.6) is 0 Å². The quantitative estimate of drug-likeness (QED) is 0.230. The predicted molar refractivity (Wildman–Crippen MR) is 169 cm³/mol. The van der Waals surface area contributed by atoms with Crippen LogP contribution in [0, 0.1) is 0 Å². The van der Waals surface area contributed by atoms with Crippen molar-refractivity contribution in [2.45, 2.75) is 13.3 Å². The molecule has 0 atom stereocenters. The number of para-hydroxylation sites is 1. The highest BCUT2D eigenvalue weighted by atomic mass is 15.1. The Morgan fingerprint density at radius 1 is 0.585 bits per heavy atom. The van der Waals surface area contributed by atoms with Crippen molar-refractivity contribution in [3.63, 3.8) is 0 Å². The molecule has 0 bridgehead atoms. The molecule has 0 aliphatic rings. The van der Waals surface area contributed by atoms with Crippen molar-refractivity contribution in [1.29, 1.82) is 0 Å². The van der Waals surface area contributed by atoms with Crippen molar-refractivity contribution in [2.75, 3.05) is 0 Å². The first kappa shape index (κ1) is 23.5. The van der Waals surface area contributed by atoms with E-state index in [0.29, 0.717) is 0 Å². The molecule has 4 heteroatoms. The number of imidazole rings is 1. The number of aromatic nitrogens is 4. The van der Waals surface area contributed by atoms with Crippen LogP contribution in [0.3, 0.4) is 0 Å². The van der Waals surface area contributed by atoms with E-state index in [1.165, 1.54) is 10.8 Å². The van der Waals surface area contributed by atoms with Gasteiger partial charge in [-0.05, 0) is 40.4 Å². The predicted octanol–water partition coefficient (Wildman–Crippen LogP) is 9.17. The Morgan fingerprint density at radius 2 is 1.29 bits per heavy atom. The molecule has 2 aromatic heterocycles. The molecule has 0 unspecified atom stereocenters. The van der Waals surface area contributed by atoms with Gasteiger partial charge in [-0.3, -0.25) is 4.57 Å². The van der Waals surface area contributed by atoms with E-state index in [1.54, 1.807) is 0 Å². The molecule has 0 radical (unpaired) electrons. The summed E-state index contributed by atoms with van der Waals surface area (Å²) in [6, 6.07) is 44.5. The number of nitrogens with zero attached hydrogens (tertiary/aromatic N) is 4. The molecule has 0 spiro atoms. The van der Waals surface area contributed by atoms with Crippen LogP contribution in [-0.2, 0) is 6.42 Å². The second-order valence-electron chi connectivity index (χ2n) is 10.4. The van der Waals surface area contributed by atoms with Gasteiger partial charge in [-0.2, -0.15) is 0 Å². The summed E-state index contributed by atoms with van der Waals surface area (Å²) in [4.78, 5) is 15.3. The van der Waals surface area contributed by atoms with Crippen LogP contribution in [0.25, 0.3) is 71.8 Å². The molecule has 8 rings (SSSR count). The van der Waals surface area contributed by atoms with E-state index in [0.717, 1.165) is 73.3 Å². The molecule has 0 saturated heterocycles. The number of hydrogen-bond acceptors (Lipinski definition) is 3. The van der Waals surface area contributed by atoms with E-state index in [2.05, 4.69) is 115 Å². The van der Waals surface area contributed by atoms with Crippen LogP contribution < -0.4 is 0 Å². The summed E-state index contributed by atoms with van der Waals surface area (Å²) in [6.45, 7) is 2.17. The van der Waals surface area contributed by atoms with Crippen molar-refractivity contribution >= 4 is 43.5 Å². The van der Waals surface area contributed by atoms with E-state index in [-0.39, 0.29) is 0 Å². The van der Waals surface area contributed by atoms with Crippen LogP contribution in [0.15, 0.2) is 127 Å². The minimum atomic E-state index is 0.725. The molecule has 0 amide bonds. The molecule has 4 nitrogen and oxygen atoms in total. The lowest BCUT2D eigenvalue weighted by atomic mass is 9.97. The van der Waals surface area contributed by atoms with Crippen molar-refractivity contribution in [3.05, 3.63) is 133 Å². The molecular formula is C37H26N4. The zero-order chi connectivity index (χ0) is 27.3. The third kappa shape index (κ3) is 3.80. The average molecular weight is 527 g/mol. The first-order valence-electron chi connectivity index (χ1n) is 14.0. The third-order valence-electron chi connectivity index (χ3n) is 7.93. The zero-order valence-electron chi connectivity index (χ0n) is 22.6. The maximum atomic E-state index is 5.22. The third-order valence-corrected chi connectivity index (χ3v) is 7.93. The van der Waals surface area contributed by atoms with Gasteiger partial charge in [-0.1, -0.05) is 110 Å². The highest BCUT2D eigenvalue weighted by Gasteiger charge is 2.18. The first-order chi connectivity index (χ1) is 20.3. The number of hydrogen-bond donors (Lipinski definition) is 0. The van der Waals surface area contributed by atoms with Crippen molar-refractivity contribution < 1.29 is 0 Å². The molecule has 2 heterocycles. The van der Waals surface area contributed by atoms with Gasteiger partial charge in [0, 0.05) is 34.0 Å². The second-order valence-corrected chi connectivity index (χ2v) is 10.4. The van der Waals surface area contributed by atoms with Crippen molar-refractivity contribution in [2.24, 2.45) is 0 Å². The largest absolute Gasteiger partial charge is 0.296 e. The van der Waals surface area contributed by atoms with Gasteiger partial charge in [0.25, 0.3) is 0 Å². The van der Waals surface area contributed by atoms with Crippen molar-refractivity contribution in [3.8, 4) is 28.3 Å². The van der Waals surface area contributed by atoms with Crippen LogP contribution in [0.4, 0.5) is 0 Å². The molecule has 0 aliphatic carbocycles. The Kier molecular flexibility index (Phi) is 5.39. The van der Waals surface area contributed by atoms with E-state index >= 15 is 0 Å². The Hall–Kier alpha value is -5.35. The maximum Gasteiger partial charge on any atom is 0.160 e. The van der Waals surface area contributed by atoms with Gasteiger partial charge in [0.05, 0.1) is 22.2 Å². The fraction of sp³-hybridized carbons (Fsp3) is 0.0541. The fourth-order valence-corrected chi connectivity index (χ4v) is 6.00. The summed E-state index contributed by atoms with van der Waals surface area (Å²) >= 11 is 0. The number of benzene rings is 6. The van der Waals surface area contributed by atoms with Gasteiger partial charge in [-0.25, -0.2) is 15.0 Å². The summed E-state index contributed by atoms with van der Waals surface area (Å²) < 4.78 is 2.32. The molecule has 0 fully saturated rings. The first-order valence-corrected chi connectivity index (χ1v) is 14.0. The summed E-state index contributed by atoms with van der Waals surface area (Å²) in [5.74, 6) is 1.76. The van der Waals surface area contributed by atoms with Gasteiger partial charge in [0.2, 0.25) is 0 Å². The van der Waals surface area contributed by atoms with E-state index in [1.807, 2.05) is 24.3 Å². The smallest absolute Gasteiger partial charge is 0.160 e. The zero-order valence-corrected chi connectivity index (χ0v) is 22.6. The summed E-state index contributed by atoms with van der Waals surface area (Å²) in [5, 5.41) is 5.73. The molecule has 41 heavy (non-hydrogen) atoms. The van der Waals surface area contributed by atoms with Crippen LogP contribution in [-0.4, -0.2) is 19.5 Å². The second kappa shape index (κ2) is 9.39. The SMILES string of the molecule is CCc1nc2c3ccccc3ccc2n1-c1cc(-c2nc(-c3ccccc3)nc3ccccc23)c2ccccc2c1. The van der Waals surface area contributed by atoms with Gasteiger partial charge in [-0.15, -0.1) is 0 Å². The van der Waals surface area contributed by atoms with E-state index in [4.69, 9.17) is 15.0 Å². The monoisotopic (exact) mass is 526 g/mol. The van der Waals surface area contributed by atoms with Gasteiger partial charge in [0.15, 0.2) is 5.82 Å². The highest BCUT2D eigenvalue weighted by Crippen LogP contribution is 2.37. The highest BCUT2D eigenvalue weighted by molar-refractivity contribution is 6.07. The molecule has 0 N–H and O–H groups in total.